The van der Waals surface area contributed by atoms with Gasteiger partial charge >= 0.3 is 6.61 Å². The fourth-order valence-corrected chi connectivity index (χ4v) is 4.31. The number of fused-ring (bicyclic) bond motifs is 1. The van der Waals surface area contributed by atoms with Crippen molar-refractivity contribution in [2.24, 2.45) is 0 Å². The van der Waals surface area contributed by atoms with E-state index in [4.69, 9.17) is 0 Å². The van der Waals surface area contributed by atoms with E-state index in [-0.39, 0.29) is 22.3 Å². The Balaban J connectivity index is 1.62. The highest BCUT2D eigenvalue weighted by Crippen LogP contribution is 2.35. The molecule has 0 aromatic heterocycles. The Labute approximate surface area is 205 Å². The normalized spacial score (nSPS) is 11.4. The van der Waals surface area contributed by atoms with Crippen molar-refractivity contribution in [3.05, 3.63) is 89.5 Å². The van der Waals surface area contributed by atoms with E-state index in [1.54, 1.807) is 18.2 Å². The molecule has 0 saturated heterocycles. The number of alkyl halides is 2. The van der Waals surface area contributed by atoms with Crippen LogP contribution in [0.15, 0.2) is 60.7 Å². The van der Waals surface area contributed by atoms with Crippen LogP contribution >= 0.6 is 0 Å². The lowest BCUT2D eigenvalue weighted by molar-refractivity contribution is -0.0546. The average molecular weight is 502 g/mol. The van der Waals surface area contributed by atoms with Gasteiger partial charge in [-0.05, 0) is 53.1 Å². The van der Waals surface area contributed by atoms with Crippen molar-refractivity contribution in [2.45, 2.75) is 45.6 Å². The molecule has 0 spiro atoms. The Kier molecular flexibility index (Phi) is 7.87. The summed E-state index contributed by atoms with van der Waals surface area (Å²) in [5.41, 5.74) is 1.18. The van der Waals surface area contributed by atoms with Gasteiger partial charge in [-0.25, -0.2) is 17.6 Å². The SMILES string of the molecule is CCCCCCc1ccc2c(F)c(-c3ccc(-c4cc(F)c(OC(F)F)c(F)c4)c(F)c3)ccc2c1. The number of hydrogen-bond acceptors (Lipinski definition) is 1. The molecule has 0 saturated carbocycles. The molecule has 0 radical (unpaired) electrons. The lowest BCUT2D eigenvalue weighted by Crippen LogP contribution is -2.06. The standard InChI is InChI=1S/C29H24F6O/c1-2-3-4-5-6-17-7-10-22-18(13-17)9-12-23(27(22)33)19-8-11-21(24(30)14-19)20-15-25(31)28(26(32)16-20)36-29(34)35/h7-16,29H,2-6H2,1H3. The number of hydrogen-bond donors (Lipinski definition) is 0. The molecule has 0 bridgehead atoms. The van der Waals surface area contributed by atoms with Gasteiger partial charge in [0.05, 0.1) is 0 Å². The van der Waals surface area contributed by atoms with Crippen molar-refractivity contribution in [1.29, 1.82) is 0 Å². The van der Waals surface area contributed by atoms with Gasteiger partial charge in [0.1, 0.15) is 11.6 Å². The van der Waals surface area contributed by atoms with Crippen LogP contribution < -0.4 is 4.74 Å². The molecule has 0 fully saturated rings. The monoisotopic (exact) mass is 502 g/mol. The van der Waals surface area contributed by atoms with Gasteiger partial charge in [-0.1, -0.05) is 68.7 Å². The Morgan fingerprint density at radius 3 is 2.06 bits per heavy atom. The number of rotatable bonds is 9. The maximum absolute atomic E-state index is 15.4. The van der Waals surface area contributed by atoms with Crippen molar-refractivity contribution in [1.82, 2.24) is 0 Å². The second kappa shape index (κ2) is 11.1. The van der Waals surface area contributed by atoms with Crippen LogP contribution in [-0.4, -0.2) is 6.61 Å². The molecule has 0 aliphatic rings. The van der Waals surface area contributed by atoms with Crippen LogP contribution in [0.5, 0.6) is 5.75 Å². The van der Waals surface area contributed by atoms with E-state index in [2.05, 4.69) is 11.7 Å². The molecular weight excluding hydrogens is 478 g/mol. The Morgan fingerprint density at radius 1 is 0.694 bits per heavy atom. The number of benzene rings is 4. The number of ether oxygens (including phenoxy) is 1. The average Bonchev–Trinajstić information content (AvgIpc) is 2.84. The minimum atomic E-state index is -3.41. The summed E-state index contributed by atoms with van der Waals surface area (Å²) >= 11 is 0. The molecular formula is C29H24F6O. The van der Waals surface area contributed by atoms with Crippen molar-refractivity contribution in [2.75, 3.05) is 0 Å². The number of halogens is 6. The smallest absolute Gasteiger partial charge is 0.387 e. The van der Waals surface area contributed by atoms with Crippen LogP contribution in [0.3, 0.4) is 0 Å². The van der Waals surface area contributed by atoms with Crippen molar-refractivity contribution < 1.29 is 31.1 Å². The fraction of sp³-hybridized carbons (Fsp3) is 0.241. The van der Waals surface area contributed by atoms with Crippen molar-refractivity contribution >= 4 is 10.8 Å². The molecule has 1 nitrogen and oxygen atoms in total. The van der Waals surface area contributed by atoms with Gasteiger partial charge in [-0.2, -0.15) is 8.78 Å². The summed E-state index contributed by atoms with van der Waals surface area (Å²) in [4.78, 5) is 0. The van der Waals surface area contributed by atoms with Crippen LogP contribution in [0.1, 0.15) is 38.2 Å². The molecule has 4 aromatic rings. The molecule has 0 amide bonds. The molecule has 0 atom stereocenters. The lowest BCUT2D eigenvalue weighted by atomic mass is 9.95. The lowest BCUT2D eigenvalue weighted by Gasteiger charge is -2.12. The largest absolute Gasteiger partial charge is 0.429 e. The topological polar surface area (TPSA) is 9.23 Å². The van der Waals surface area contributed by atoms with Crippen LogP contribution in [0.25, 0.3) is 33.0 Å². The third-order valence-corrected chi connectivity index (χ3v) is 6.13. The Bertz CT molecular complexity index is 1360. The summed E-state index contributed by atoms with van der Waals surface area (Å²) < 4.78 is 87.0. The molecule has 0 aliphatic carbocycles. The fourth-order valence-electron chi connectivity index (χ4n) is 4.31. The third-order valence-electron chi connectivity index (χ3n) is 6.13. The van der Waals surface area contributed by atoms with Gasteiger partial charge in [0.25, 0.3) is 0 Å². The van der Waals surface area contributed by atoms with E-state index in [0.29, 0.717) is 17.5 Å². The highest BCUT2D eigenvalue weighted by Gasteiger charge is 2.19. The van der Waals surface area contributed by atoms with E-state index in [1.165, 1.54) is 18.6 Å². The van der Waals surface area contributed by atoms with E-state index < -0.39 is 35.6 Å². The van der Waals surface area contributed by atoms with Gasteiger partial charge in [-0.3, -0.25) is 0 Å². The summed E-state index contributed by atoms with van der Waals surface area (Å²) in [6.45, 7) is -1.26. The molecule has 36 heavy (non-hydrogen) atoms. The summed E-state index contributed by atoms with van der Waals surface area (Å²) in [6.07, 6.45) is 5.48. The van der Waals surface area contributed by atoms with E-state index >= 15 is 4.39 Å². The molecule has 188 valence electrons. The summed E-state index contributed by atoms with van der Waals surface area (Å²) in [5.74, 6) is -5.37. The molecule has 7 heteroatoms. The minimum absolute atomic E-state index is 0.172. The van der Waals surface area contributed by atoms with Crippen molar-refractivity contribution in [3.63, 3.8) is 0 Å². The first-order valence-electron chi connectivity index (χ1n) is 11.7. The maximum Gasteiger partial charge on any atom is 0.387 e. The highest BCUT2D eigenvalue weighted by atomic mass is 19.3. The third kappa shape index (κ3) is 5.50. The van der Waals surface area contributed by atoms with Gasteiger partial charge in [0.15, 0.2) is 17.4 Å². The number of aryl methyl sites for hydroxylation is 1. The molecule has 4 rings (SSSR count). The Morgan fingerprint density at radius 2 is 1.39 bits per heavy atom. The summed E-state index contributed by atoms with van der Waals surface area (Å²) in [7, 11) is 0. The summed E-state index contributed by atoms with van der Waals surface area (Å²) in [6, 6.07) is 14.1. The van der Waals surface area contributed by atoms with E-state index in [9.17, 15) is 22.0 Å². The second-order valence-corrected chi connectivity index (χ2v) is 8.64. The minimum Gasteiger partial charge on any atom is -0.429 e. The first-order chi connectivity index (χ1) is 17.3. The molecule has 4 aromatic carbocycles. The molecule has 0 aliphatic heterocycles. The van der Waals surface area contributed by atoms with Gasteiger partial charge in [0.2, 0.25) is 0 Å². The van der Waals surface area contributed by atoms with Crippen LogP contribution in [-0.2, 0) is 6.42 Å². The van der Waals surface area contributed by atoms with Crippen LogP contribution in [0, 0.1) is 23.3 Å². The zero-order valence-electron chi connectivity index (χ0n) is 19.6. The predicted octanol–water partition coefficient (Wildman–Crippen LogP) is 9.45. The zero-order valence-corrected chi connectivity index (χ0v) is 19.6. The zero-order chi connectivity index (χ0) is 25.8. The molecule has 0 unspecified atom stereocenters. The van der Waals surface area contributed by atoms with Crippen LogP contribution in [0.4, 0.5) is 26.3 Å². The first kappa shape index (κ1) is 25.6. The van der Waals surface area contributed by atoms with Gasteiger partial charge < -0.3 is 4.74 Å². The molecule has 0 N–H and O–H groups in total. The first-order valence-corrected chi connectivity index (χ1v) is 11.7. The summed E-state index contributed by atoms with van der Waals surface area (Å²) in [5, 5.41) is 1.16. The molecule has 0 heterocycles. The highest BCUT2D eigenvalue weighted by molar-refractivity contribution is 5.89. The van der Waals surface area contributed by atoms with Gasteiger partial charge in [-0.15, -0.1) is 0 Å². The maximum atomic E-state index is 15.4. The quantitative estimate of drug-likeness (QED) is 0.164. The number of unbranched alkanes of at least 4 members (excludes halogenated alkanes) is 3. The van der Waals surface area contributed by atoms with E-state index in [1.807, 2.05) is 12.1 Å². The van der Waals surface area contributed by atoms with E-state index in [0.717, 1.165) is 42.7 Å². The second-order valence-electron chi connectivity index (χ2n) is 8.64. The van der Waals surface area contributed by atoms with Gasteiger partial charge in [0, 0.05) is 16.5 Å². The predicted molar refractivity (Wildman–Crippen MR) is 129 cm³/mol. The Hall–Kier alpha value is -3.48. The van der Waals surface area contributed by atoms with Crippen molar-refractivity contribution in [3.8, 4) is 28.0 Å². The van der Waals surface area contributed by atoms with Crippen LogP contribution in [0.2, 0.25) is 0 Å².